The van der Waals surface area contributed by atoms with Crippen molar-refractivity contribution in [2.24, 2.45) is 5.92 Å². The number of ketones is 1. The topological polar surface area (TPSA) is 29.5 Å². The second-order valence-corrected chi connectivity index (χ2v) is 6.40. The maximum atomic E-state index is 12.6. The van der Waals surface area contributed by atoms with Crippen molar-refractivity contribution in [2.75, 3.05) is 26.2 Å². The third-order valence-corrected chi connectivity index (χ3v) is 4.65. The first kappa shape index (κ1) is 14.6. The van der Waals surface area contributed by atoms with Crippen LogP contribution in [0.25, 0.3) is 0 Å². The minimum absolute atomic E-state index is 0.0727. The van der Waals surface area contributed by atoms with Crippen molar-refractivity contribution in [1.29, 1.82) is 0 Å². The number of carbonyl (C=O) groups excluding carboxylic acids is 1. The third-order valence-electron chi connectivity index (χ3n) is 4.65. The van der Waals surface area contributed by atoms with Gasteiger partial charge in [0.25, 0.3) is 0 Å². The lowest BCUT2D eigenvalue weighted by molar-refractivity contribution is 0.0895. The Labute approximate surface area is 127 Å². The zero-order valence-corrected chi connectivity index (χ0v) is 12.9. The molecule has 0 aromatic heterocycles. The van der Waals surface area contributed by atoms with Gasteiger partial charge in [-0.1, -0.05) is 19.8 Å². The lowest BCUT2D eigenvalue weighted by Gasteiger charge is -2.23. The van der Waals surface area contributed by atoms with Crippen LogP contribution in [0.4, 0.5) is 0 Å². The summed E-state index contributed by atoms with van der Waals surface area (Å²) in [5, 5.41) is 0. The van der Waals surface area contributed by atoms with E-state index in [-0.39, 0.29) is 11.7 Å². The highest BCUT2D eigenvalue weighted by Gasteiger charge is 2.21. The van der Waals surface area contributed by atoms with Crippen molar-refractivity contribution >= 4 is 5.78 Å². The number of likely N-dealkylation sites (tertiary alicyclic amines) is 1. The summed E-state index contributed by atoms with van der Waals surface area (Å²) >= 11 is 0. The molecule has 3 nitrogen and oxygen atoms in total. The molecule has 2 heterocycles. The van der Waals surface area contributed by atoms with Gasteiger partial charge in [0.05, 0.1) is 6.61 Å². The van der Waals surface area contributed by atoms with E-state index in [0.717, 1.165) is 44.0 Å². The van der Waals surface area contributed by atoms with Gasteiger partial charge in [-0.2, -0.15) is 0 Å². The van der Waals surface area contributed by atoms with Crippen LogP contribution in [0, 0.1) is 5.92 Å². The monoisotopic (exact) mass is 287 g/mol. The summed E-state index contributed by atoms with van der Waals surface area (Å²) < 4.78 is 5.51. The molecular weight excluding hydrogens is 262 g/mol. The average molecular weight is 287 g/mol. The van der Waals surface area contributed by atoms with Crippen LogP contribution in [0.3, 0.4) is 0 Å². The molecule has 3 heteroatoms. The fourth-order valence-corrected chi connectivity index (χ4v) is 3.41. The summed E-state index contributed by atoms with van der Waals surface area (Å²) in [4.78, 5) is 15.1. The van der Waals surface area contributed by atoms with Crippen LogP contribution in [-0.2, 0) is 6.42 Å². The summed E-state index contributed by atoms with van der Waals surface area (Å²) in [5.41, 5.74) is 2.03. The Kier molecular flexibility index (Phi) is 4.59. The number of carbonyl (C=O) groups is 1. The van der Waals surface area contributed by atoms with Crippen LogP contribution in [0.15, 0.2) is 18.2 Å². The Hall–Kier alpha value is -1.35. The molecule has 1 aromatic rings. The summed E-state index contributed by atoms with van der Waals surface area (Å²) in [6.07, 6.45) is 6.15. The van der Waals surface area contributed by atoms with E-state index >= 15 is 0 Å². The molecule has 1 aromatic carbocycles. The minimum atomic E-state index is 0.0727. The Morgan fingerprint density at radius 2 is 2.00 bits per heavy atom. The van der Waals surface area contributed by atoms with Crippen LogP contribution in [0.2, 0.25) is 0 Å². The smallest absolute Gasteiger partial charge is 0.166 e. The minimum Gasteiger partial charge on any atom is -0.493 e. The van der Waals surface area contributed by atoms with Gasteiger partial charge < -0.3 is 9.64 Å². The fraction of sp³-hybridized carbons (Fsp3) is 0.611. The van der Waals surface area contributed by atoms with Crippen LogP contribution < -0.4 is 4.74 Å². The van der Waals surface area contributed by atoms with Gasteiger partial charge in [0.2, 0.25) is 0 Å². The standard InChI is InChI=1S/C18H25NO2/c1-14(13-19-9-4-2-3-5-10-19)18(20)16-6-7-17-15(12-16)8-11-21-17/h6-7,12,14H,2-5,8-11,13H2,1H3. The van der Waals surface area contributed by atoms with Gasteiger partial charge in [0.1, 0.15) is 5.75 Å². The quantitative estimate of drug-likeness (QED) is 0.796. The van der Waals surface area contributed by atoms with E-state index in [2.05, 4.69) is 11.8 Å². The fourth-order valence-electron chi connectivity index (χ4n) is 3.41. The first-order valence-electron chi connectivity index (χ1n) is 8.26. The number of hydrogen-bond donors (Lipinski definition) is 0. The molecule has 1 saturated heterocycles. The molecule has 0 bridgehead atoms. The molecule has 0 amide bonds. The summed E-state index contributed by atoms with van der Waals surface area (Å²) in [5.74, 6) is 1.30. The van der Waals surface area contributed by atoms with Gasteiger partial charge in [-0.25, -0.2) is 0 Å². The van der Waals surface area contributed by atoms with Crippen molar-refractivity contribution in [3.63, 3.8) is 0 Å². The van der Waals surface area contributed by atoms with Crippen LogP contribution in [0.5, 0.6) is 5.75 Å². The Morgan fingerprint density at radius 1 is 1.24 bits per heavy atom. The molecule has 2 aliphatic rings. The van der Waals surface area contributed by atoms with Crippen LogP contribution >= 0.6 is 0 Å². The summed E-state index contributed by atoms with van der Waals surface area (Å²) in [7, 11) is 0. The summed E-state index contributed by atoms with van der Waals surface area (Å²) in [6.45, 7) is 6.00. The largest absolute Gasteiger partial charge is 0.493 e. The van der Waals surface area contributed by atoms with Gasteiger partial charge >= 0.3 is 0 Å². The molecule has 2 aliphatic heterocycles. The van der Waals surface area contributed by atoms with Gasteiger partial charge in [-0.3, -0.25) is 4.79 Å². The molecule has 1 unspecified atom stereocenters. The van der Waals surface area contributed by atoms with Gasteiger partial charge in [0.15, 0.2) is 5.78 Å². The van der Waals surface area contributed by atoms with E-state index < -0.39 is 0 Å². The van der Waals surface area contributed by atoms with E-state index in [4.69, 9.17) is 4.74 Å². The highest BCUT2D eigenvalue weighted by molar-refractivity contribution is 5.98. The molecule has 1 atom stereocenters. The third kappa shape index (κ3) is 3.46. The van der Waals surface area contributed by atoms with Crippen LogP contribution in [-0.4, -0.2) is 36.9 Å². The van der Waals surface area contributed by atoms with Crippen molar-refractivity contribution in [1.82, 2.24) is 4.90 Å². The molecule has 114 valence electrons. The molecule has 0 radical (unpaired) electrons. The predicted molar refractivity (Wildman–Crippen MR) is 84.0 cm³/mol. The Balaban J connectivity index is 1.63. The molecule has 0 spiro atoms. The second-order valence-electron chi connectivity index (χ2n) is 6.40. The maximum Gasteiger partial charge on any atom is 0.166 e. The Bertz CT molecular complexity index is 504. The SMILES string of the molecule is CC(CN1CCCCCC1)C(=O)c1ccc2c(c1)CCO2. The first-order chi connectivity index (χ1) is 10.2. The lowest BCUT2D eigenvalue weighted by atomic mass is 9.96. The zero-order valence-electron chi connectivity index (χ0n) is 12.9. The van der Waals surface area contributed by atoms with E-state index in [1.165, 1.54) is 31.2 Å². The van der Waals surface area contributed by atoms with Crippen molar-refractivity contribution in [2.45, 2.75) is 39.0 Å². The summed E-state index contributed by atoms with van der Waals surface area (Å²) in [6, 6.07) is 5.91. The lowest BCUT2D eigenvalue weighted by Crippen LogP contribution is -2.32. The molecule has 0 aliphatic carbocycles. The van der Waals surface area contributed by atoms with Gasteiger partial charge in [-0.15, -0.1) is 0 Å². The molecule has 0 saturated carbocycles. The molecule has 1 fully saturated rings. The number of ether oxygens (including phenoxy) is 1. The number of fused-ring (bicyclic) bond motifs is 1. The van der Waals surface area contributed by atoms with E-state index in [9.17, 15) is 4.79 Å². The van der Waals surface area contributed by atoms with Gasteiger partial charge in [0, 0.05) is 24.4 Å². The predicted octanol–water partition coefficient (Wildman–Crippen LogP) is 3.32. The number of hydrogen-bond acceptors (Lipinski definition) is 3. The molecule has 21 heavy (non-hydrogen) atoms. The zero-order chi connectivity index (χ0) is 14.7. The van der Waals surface area contributed by atoms with Gasteiger partial charge in [-0.05, 0) is 49.7 Å². The number of benzene rings is 1. The molecular formula is C18H25NO2. The van der Waals surface area contributed by atoms with E-state index in [1.807, 2.05) is 18.2 Å². The van der Waals surface area contributed by atoms with E-state index in [1.54, 1.807) is 0 Å². The van der Waals surface area contributed by atoms with Crippen molar-refractivity contribution < 1.29 is 9.53 Å². The number of nitrogens with zero attached hydrogens (tertiary/aromatic N) is 1. The van der Waals surface area contributed by atoms with Crippen molar-refractivity contribution in [3.05, 3.63) is 29.3 Å². The highest BCUT2D eigenvalue weighted by Crippen LogP contribution is 2.27. The number of Topliss-reactive ketones (excluding diaryl/α,β-unsaturated/α-hetero) is 1. The van der Waals surface area contributed by atoms with Crippen LogP contribution in [0.1, 0.15) is 48.5 Å². The average Bonchev–Trinajstić information content (AvgIpc) is 2.82. The molecule has 3 rings (SSSR count). The molecule has 0 N–H and O–H groups in total. The normalized spacial score (nSPS) is 20.4. The maximum absolute atomic E-state index is 12.6. The Morgan fingerprint density at radius 3 is 2.76 bits per heavy atom. The first-order valence-corrected chi connectivity index (χ1v) is 8.26. The second kappa shape index (κ2) is 6.61. The van der Waals surface area contributed by atoms with E-state index in [0.29, 0.717) is 0 Å². The highest BCUT2D eigenvalue weighted by atomic mass is 16.5. The van der Waals surface area contributed by atoms with Crippen molar-refractivity contribution in [3.8, 4) is 5.75 Å². The number of rotatable bonds is 4.